The molecule has 0 aliphatic heterocycles. The molecule has 0 aromatic rings. The zero-order valence-electron chi connectivity index (χ0n) is 12.7. The maximum atomic E-state index is 10.6. The SMILES string of the molecule is CCCCCCOC(CC)(CC)C(O)(CC)CO. The molecule has 0 aromatic heterocycles. The van der Waals surface area contributed by atoms with Gasteiger partial charge in [0.1, 0.15) is 5.60 Å². The summed E-state index contributed by atoms with van der Waals surface area (Å²) in [4.78, 5) is 0. The van der Waals surface area contributed by atoms with E-state index in [0.29, 0.717) is 13.0 Å². The van der Waals surface area contributed by atoms with Crippen molar-refractivity contribution < 1.29 is 14.9 Å². The summed E-state index contributed by atoms with van der Waals surface area (Å²) in [5.41, 5.74) is -1.73. The van der Waals surface area contributed by atoms with Crippen LogP contribution in [-0.4, -0.2) is 34.6 Å². The minimum absolute atomic E-state index is 0.236. The van der Waals surface area contributed by atoms with Crippen LogP contribution >= 0.6 is 0 Å². The van der Waals surface area contributed by atoms with Crippen LogP contribution < -0.4 is 0 Å². The van der Waals surface area contributed by atoms with Crippen LogP contribution in [0.3, 0.4) is 0 Å². The van der Waals surface area contributed by atoms with E-state index < -0.39 is 11.2 Å². The molecule has 0 amide bonds. The van der Waals surface area contributed by atoms with Crippen LogP contribution in [0.2, 0.25) is 0 Å². The first kappa shape index (κ1) is 17.9. The van der Waals surface area contributed by atoms with Gasteiger partial charge in [-0.2, -0.15) is 0 Å². The summed E-state index contributed by atoms with van der Waals surface area (Å²) in [6.45, 7) is 8.56. The summed E-state index contributed by atoms with van der Waals surface area (Å²) < 4.78 is 6.01. The van der Waals surface area contributed by atoms with Crippen molar-refractivity contribution in [2.45, 2.75) is 83.8 Å². The molecular formula is C15H32O3. The molecule has 0 fully saturated rings. The summed E-state index contributed by atoms with van der Waals surface area (Å²) >= 11 is 0. The lowest BCUT2D eigenvalue weighted by atomic mass is 9.77. The Balaban J connectivity index is 4.51. The smallest absolute Gasteiger partial charge is 0.116 e. The van der Waals surface area contributed by atoms with Crippen LogP contribution in [-0.2, 0) is 4.74 Å². The van der Waals surface area contributed by atoms with Crippen LogP contribution in [0.25, 0.3) is 0 Å². The second-order valence-corrected chi connectivity index (χ2v) is 5.15. The van der Waals surface area contributed by atoms with Crippen molar-refractivity contribution in [1.82, 2.24) is 0 Å². The first-order valence-electron chi connectivity index (χ1n) is 7.53. The number of aliphatic hydroxyl groups is 2. The molecule has 3 heteroatoms. The molecule has 0 aliphatic rings. The number of unbranched alkanes of at least 4 members (excludes halogenated alkanes) is 3. The minimum Gasteiger partial charge on any atom is -0.393 e. The predicted molar refractivity (Wildman–Crippen MR) is 75.7 cm³/mol. The average Bonchev–Trinajstić information content (AvgIpc) is 2.42. The molecule has 0 aromatic carbocycles. The second kappa shape index (κ2) is 8.89. The summed E-state index contributed by atoms with van der Waals surface area (Å²) in [5, 5.41) is 20.1. The van der Waals surface area contributed by atoms with Crippen molar-refractivity contribution in [2.24, 2.45) is 0 Å². The van der Waals surface area contributed by atoms with Gasteiger partial charge >= 0.3 is 0 Å². The maximum Gasteiger partial charge on any atom is 0.116 e. The van der Waals surface area contributed by atoms with Gasteiger partial charge in [-0.05, 0) is 25.7 Å². The molecule has 0 saturated carbocycles. The first-order chi connectivity index (χ1) is 8.55. The van der Waals surface area contributed by atoms with E-state index in [-0.39, 0.29) is 6.61 Å². The zero-order valence-corrected chi connectivity index (χ0v) is 12.7. The third kappa shape index (κ3) is 4.22. The van der Waals surface area contributed by atoms with Crippen LogP contribution in [0, 0.1) is 0 Å². The van der Waals surface area contributed by atoms with Crippen molar-refractivity contribution in [3.63, 3.8) is 0 Å². The Morgan fingerprint density at radius 2 is 1.50 bits per heavy atom. The van der Waals surface area contributed by atoms with Gasteiger partial charge in [-0.1, -0.05) is 47.0 Å². The lowest BCUT2D eigenvalue weighted by Crippen LogP contribution is -2.57. The molecule has 0 aliphatic carbocycles. The van der Waals surface area contributed by atoms with Crippen molar-refractivity contribution in [1.29, 1.82) is 0 Å². The highest BCUT2D eigenvalue weighted by Gasteiger charge is 2.47. The van der Waals surface area contributed by atoms with Gasteiger partial charge in [0.15, 0.2) is 0 Å². The highest BCUT2D eigenvalue weighted by atomic mass is 16.5. The van der Waals surface area contributed by atoms with Gasteiger partial charge in [0.05, 0.1) is 12.2 Å². The number of aliphatic hydroxyl groups excluding tert-OH is 1. The Morgan fingerprint density at radius 3 is 1.89 bits per heavy atom. The molecule has 110 valence electrons. The number of ether oxygens (including phenoxy) is 1. The number of rotatable bonds is 11. The molecule has 1 atom stereocenters. The molecular weight excluding hydrogens is 228 g/mol. The fourth-order valence-corrected chi connectivity index (χ4v) is 2.62. The highest BCUT2D eigenvalue weighted by Crippen LogP contribution is 2.35. The van der Waals surface area contributed by atoms with Gasteiger partial charge < -0.3 is 14.9 Å². The van der Waals surface area contributed by atoms with E-state index in [1.54, 1.807) is 0 Å². The molecule has 0 heterocycles. The Hall–Kier alpha value is -0.120. The van der Waals surface area contributed by atoms with E-state index in [1.165, 1.54) is 19.3 Å². The number of hydrogen-bond acceptors (Lipinski definition) is 3. The van der Waals surface area contributed by atoms with Gasteiger partial charge in [0, 0.05) is 6.61 Å². The molecule has 0 radical (unpaired) electrons. The normalized spacial score (nSPS) is 15.7. The van der Waals surface area contributed by atoms with Crippen LogP contribution in [0.1, 0.15) is 72.6 Å². The van der Waals surface area contributed by atoms with Crippen molar-refractivity contribution in [3.8, 4) is 0 Å². The molecule has 2 N–H and O–H groups in total. The van der Waals surface area contributed by atoms with Crippen LogP contribution in [0.15, 0.2) is 0 Å². The van der Waals surface area contributed by atoms with Crippen molar-refractivity contribution in [3.05, 3.63) is 0 Å². The number of hydrogen-bond donors (Lipinski definition) is 2. The third-order valence-corrected chi connectivity index (χ3v) is 4.21. The van der Waals surface area contributed by atoms with E-state index in [4.69, 9.17) is 4.74 Å². The third-order valence-electron chi connectivity index (χ3n) is 4.21. The highest BCUT2D eigenvalue weighted by molar-refractivity contribution is 4.98. The zero-order chi connectivity index (χ0) is 14.1. The molecule has 0 spiro atoms. The van der Waals surface area contributed by atoms with Gasteiger partial charge in [-0.25, -0.2) is 0 Å². The second-order valence-electron chi connectivity index (χ2n) is 5.15. The molecule has 0 rings (SSSR count). The Labute approximate surface area is 113 Å². The monoisotopic (exact) mass is 260 g/mol. The molecule has 0 bridgehead atoms. The average molecular weight is 260 g/mol. The predicted octanol–water partition coefficient (Wildman–Crippen LogP) is 3.28. The summed E-state index contributed by atoms with van der Waals surface area (Å²) in [7, 11) is 0. The molecule has 0 saturated heterocycles. The van der Waals surface area contributed by atoms with Gasteiger partial charge in [-0.15, -0.1) is 0 Å². The summed E-state index contributed by atoms with van der Waals surface area (Å²) in [6.07, 6.45) is 6.60. The largest absolute Gasteiger partial charge is 0.393 e. The Morgan fingerprint density at radius 1 is 0.889 bits per heavy atom. The Kier molecular flexibility index (Phi) is 8.83. The standard InChI is InChI=1S/C15H32O3/c1-5-9-10-11-12-18-15(7-3,8-4)14(17,6-2)13-16/h16-17H,5-13H2,1-4H3. The molecule has 3 nitrogen and oxygen atoms in total. The lowest BCUT2D eigenvalue weighted by Gasteiger charge is -2.45. The van der Waals surface area contributed by atoms with E-state index in [1.807, 2.05) is 20.8 Å². The fourth-order valence-electron chi connectivity index (χ4n) is 2.62. The first-order valence-corrected chi connectivity index (χ1v) is 7.53. The quantitative estimate of drug-likeness (QED) is 0.561. The van der Waals surface area contributed by atoms with Gasteiger partial charge in [0.2, 0.25) is 0 Å². The van der Waals surface area contributed by atoms with E-state index in [0.717, 1.165) is 19.3 Å². The minimum atomic E-state index is -1.12. The van der Waals surface area contributed by atoms with Crippen molar-refractivity contribution >= 4 is 0 Å². The summed E-state index contributed by atoms with van der Waals surface area (Å²) in [5.74, 6) is 0. The van der Waals surface area contributed by atoms with Gasteiger partial charge in [-0.3, -0.25) is 0 Å². The maximum absolute atomic E-state index is 10.6. The van der Waals surface area contributed by atoms with Gasteiger partial charge in [0.25, 0.3) is 0 Å². The van der Waals surface area contributed by atoms with Crippen LogP contribution in [0.5, 0.6) is 0 Å². The molecule has 18 heavy (non-hydrogen) atoms. The fraction of sp³-hybridized carbons (Fsp3) is 1.00. The molecule has 1 unspecified atom stereocenters. The van der Waals surface area contributed by atoms with E-state index >= 15 is 0 Å². The van der Waals surface area contributed by atoms with Crippen molar-refractivity contribution in [2.75, 3.05) is 13.2 Å². The summed E-state index contributed by atoms with van der Waals surface area (Å²) in [6, 6.07) is 0. The lowest BCUT2D eigenvalue weighted by molar-refractivity contribution is -0.205. The van der Waals surface area contributed by atoms with E-state index in [2.05, 4.69) is 6.92 Å². The Bertz CT molecular complexity index is 196. The van der Waals surface area contributed by atoms with E-state index in [9.17, 15) is 10.2 Å². The topological polar surface area (TPSA) is 49.7 Å². The van der Waals surface area contributed by atoms with Crippen LogP contribution in [0.4, 0.5) is 0 Å².